The predicted molar refractivity (Wildman–Crippen MR) is 89.1 cm³/mol. The molecule has 3 aromatic rings. The Kier molecular flexibility index (Phi) is 3.87. The van der Waals surface area contributed by atoms with Crippen LogP contribution in [0.15, 0.2) is 24.3 Å². The second kappa shape index (κ2) is 6.19. The molecule has 2 aromatic heterocycles. The van der Waals surface area contributed by atoms with Gasteiger partial charge in [-0.1, -0.05) is 18.2 Å². The fourth-order valence-corrected chi connectivity index (χ4v) is 3.03. The van der Waals surface area contributed by atoms with Gasteiger partial charge in [0, 0.05) is 24.2 Å². The highest BCUT2D eigenvalue weighted by Gasteiger charge is 2.27. The molecule has 1 N–H and O–H groups in total. The highest BCUT2D eigenvalue weighted by Crippen LogP contribution is 2.24. The zero-order valence-electron chi connectivity index (χ0n) is 13.8. The molecule has 130 valence electrons. The van der Waals surface area contributed by atoms with E-state index >= 15 is 0 Å². The first-order chi connectivity index (χ1) is 12.1. The molecule has 25 heavy (non-hydrogen) atoms. The van der Waals surface area contributed by atoms with Gasteiger partial charge in [-0.3, -0.25) is 9.48 Å². The lowest BCUT2D eigenvalue weighted by molar-refractivity contribution is 0.0942. The first-order valence-electron chi connectivity index (χ1n) is 8.24. The number of fused-ring (bicyclic) bond motifs is 2. The van der Waals surface area contributed by atoms with Gasteiger partial charge >= 0.3 is 0 Å². The number of rotatable bonds is 5. The minimum Gasteiger partial charge on any atom is -0.474 e. The lowest BCUT2D eigenvalue weighted by atomic mass is 10.2. The molecule has 4 rings (SSSR count). The van der Waals surface area contributed by atoms with E-state index in [1.54, 1.807) is 0 Å². The van der Waals surface area contributed by atoms with Crippen molar-refractivity contribution in [1.29, 1.82) is 0 Å². The van der Waals surface area contributed by atoms with Crippen LogP contribution < -0.4 is 10.1 Å². The van der Waals surface area contributed by atoms with Gasteiger partial charge in [-0.25, -0.2) is 4.68 Å². The maximum absolute atomic E-state index is 14.0. The Morgan fingerprint density at radius 2 is 2.20 bits per heavy atom. The van der Waals surface area contributed by atoms with Crippen LogP contribution in [0.2, 0.25) is 0 Å². The van der Waals surface area contributed by atoms with Crippen LogP contribution in [0.1, 0.15) is 22.6 Å². The fourth-order valence-electron chi connectivity index (χ4n) is 3.03. The Morgan fingerprint density at radius 1 is 1.36 bits per heavy atom. The van der Waals surface area contributed by atoms with Gasteiger partial charge in [-0.15, -0.1) is 0 Å². The van der Waals surface area contributed by atoms with Gasteiger partial charge in [-0.2, -0.15) is 14.6 Å². The summed E-state index contributed by atoms with van der Waals surface area (Å²) in [5.41, 5.74) is 1.84. The van der Waals surface area contributed by atoms with Gasteiger partial charge in [0.15, 0.2) is 5.69 Å². The Hall–Kier alpha value is -2.90. The minimum atomic E-state index is -0.691. The molecule has 0 saturated carbocycles. The Balaban J connectivity index is 1.35. The van der Waals surface area contributed by atoms with Crippen LogP contribution in [0.5, 0.6) is 5.88 Å². The minimum absolute atomic E-state index is 0.0454. The average Bonchev–Trinajstić information content (AvgIpc) is 3.28. The first-order valence-corrected chi connectivity index (χ1v) is 8.24. The van der Waals surface area contributed by atoms with Crippen LogP contribution in [0, 0.1) is 12.7 Å². The number of hydrogen-bond donors (Lipinski definition) is 1. The van der Waals surface area contributed by atoms with E-state index < -0.39 is 11.7 Å². The lowest BCUT2D eigenvalue weighted by Gasteiger charge is -2.06. The van der Waals surface area contributed by atoms with Crippen molar-refractivity contribution in [2.45, 2.75) is 26.4 Å². The molecule has 1 aliphatic rings. The van der Waals surface area contributed by atoms with Crippen LogP contribution >= 0.6 is 0 Å². The second-order valence-electron chi connectivity index (χ2n) is 5.97. The molecule has 1 aliphatic heterocycles. The summed E-state index contributed by atoms with van der Waals surface area (Å²) in [4.78, 5) is 12.1. The summed E-state index contributed by atoms with van der Waals surface area (Å²) in [7, 11) is 0. The maximum atomic E-state index is 14.0. The van der Waals surface area contributed by atoms with Crippen molar-refractivity contribution >= 4 is 16.8 Å². The van der Waals surface area contributed by atoms with E-state index in [4.69, 9.17) is 4.74 Å². The van der Waals surface area contributed by atoms with Crippen LogP contribution in [0.3, 0.4) is 0 Å². The molecule has 0 fully saturated rings. The highest BCUT2D eigenvalue weighted by atomic mass is 19.1. The average molecular weight is 343 g/mol. The van der Waals surface area contributed by atoms with E-state index in [2.05, 4.69) is 15.5 Å². The first kappa shape index (κ1) is 15.6. The van der Waals surface area contributed by atoms with Crippen LogP contribution in [-0.4, -0.2) is 38.6 Å². The van der Waals surface area contributed by atoms with E-state index in [1.165, 1.54) is 4.68 Å². The number of aromatic nitrogens is 4. The van der Waals surface area contributed by atoms with Gasteiger partial charge in [0.1, 0.15) is 6.61 Å². The molecule has 0 radical (unpaired) electrons. The van der Waals surface area contributed by atoms with Crippen molar-refractivity contribution in [1.82, 2.24) is 24.9 Å². The number of hydrogen-bond acceptors (Lipinski definition) is 4. The number of nitrogens with one attached hydrogen (secondary N) is 1. The second-order valence-corrected chi connectivity index (χ2v) is 5.97. The van der Waals surface area contributed by atoms with E-state index in [-0.39, 0.29) is 11.6 Å². The molecule has 0 spiro atoms. The highest BCUT2D eigenvalue weighted by molar-refractivity contribution is 5.92. The standard InChI is InChI=1S/C17H18FN5O2/c1-11-12-5-2-3-6-13(12)20-22(11)8-4-7-19-16(24)15-14(18)17-23(21-15)9-10-25-17/h2-3,5-6H,4,7-10H2,1H3,(H,19,24). The molecule has 0 aliphatic carbocycles. The third kappa shape index (κ3) is 2.73. The summed E-state index contributed by atoms with van der Waals surface area (Å²) in [5.74, 6) is -1.17. The number of nitrogens with zero attached hydrogens (tertiary/aromatic N) is 4. The number of carbonyl (C=O) groups is 1. The number of amides is 1. The summed E-state index contributed by atoms with van der Waals surface area (Å²) < 4.78 is 22.5. The normalized spacial score (nSPS) is 13.0. The zero-order valence-corrected chi connectivity index (χ0v) is 13.8. The SMILES string of the molecule is Cc1c2ccccc2nn1CCCNC(=O)c1nn2c(c1F)OCC2. The van der Waals surface area contributed by atoms with Crippen molar-refractivity contribution in [3.8, 4) is 5.88 Å². The zero-order chi connectivity index (χ0) is 17.4. The Labute approximate surface area is 143 Å². The van der Waals surface area contributed by atoms with E-state index in [0.29, 0.717) is 32.7 Å². The smallest absolute Gasteiger partial charge is 0.275 e. The molecule has 3 heterocycles. The van der Waals surface area contributed by atoms with Gasteiger partial charge in [0.25, 0.3) is 5.91 Å². The van der Waals surface area contributed by atoms with E-state index in [1.807, 2.05) is 35.9 Å². The number of halogens is 1. The lowest BCUT2D eigenvalue weighted by Crippen LogP contribution is -2.27. The molecule has 0 saturated heterocycles. The molecule has 1 aromatic carbocycles. The molecule has 0 unspecified atom stereocenters. The topological polar surface area (TPSA) is 74.0 Å². The van der Waals surface area contributed by atoms with Gasteiger partial charge < -0.3 is 10.1 Å². The number of carbonyl (C=O) groups excluding carboxylic acids is 1. The predicted octanol–water partition coefficient (Wildman–Crippen LogP) is 1.89. The Morgan fingerprint density at radius 3 is 3.00 bits per heavy atom. The summed E-state index contributed by atoms with van der Waals surface area (Å²) in [6.07, 6.45) is 0.687. The molecule has 0 bridgehead atoms. The summed E-state index contributed by atoms with van der Waals surface area (Å²) in [6, 6.07) is 7.96. The quantitative estimate of drug-likeness (QED) is 0.718. The Bertz CT molecular complexity index is 946. The van der Waals surface area contributed by atoms with E-state index in [9.17, 15) is 9.18 Å². The van der Waals surface area contributed by atoms with Crippen molar-refractivity contribution in [3.05, 3.63) is 41.5 Å². The fraction of sp³-hybridized carbons (Fsp3) is 0.353. The molecule has 0 atom stereocenters. The van der Waals surface area contributed by atoms with Gasteiger partial charge in [0.2, 0.25) is 11.7 Å². The van der Waals surface area contributed by atoms with E-state index in [0.717, 1.165) is 16.6 Å². The number of ether oxygens (including phenoxy) is 1. The summed E-state index contributed by atoms with van der Waals surface area (Å²) >= 11 is 0. The molecule has 8 heteroatoms. The van der Waals surface area contributed by atoms with Crippen molar-refractivity contribution in [2.24, 2.45) is 0 Å². The summed E-state index contributed by atoms with van der Waals surface area (Å²) in [5, 5.41) is 12.3. The van der Waals surface area contributed by atoms with Crippen molar-refractivity contribution < 1.29 is 13.9 Å². The van der Waals surface area contributed by atoms with Gasteiger partial charge in [-0.05, 0) is 19.4 Å². The van der Waals surface area contributed by atoms with Crippen molar-refractivity contribution in [2.75, 3.05) is 13.2 Å². The van der Waals surface area contributed by atoms with Gasteiger partial charge in [0.05, 0.1) is 12.1 Å². The number of aryl methyl sites for hydroxylation is 2. The summed E-state index contributed by atoms with van der Waals surface area (Å²) in [6.45, 7) is 3.96. The van der Waals surface area contributed by atoms with Crippen molar-refractivity contribution in [3.63, 3.8) is 0 Å². The largest absolute Gasteiger partial charge is 0.474 e. The third-order valence-corrected chi connectivity index (χ3v) is 4.35. The molecular weight excluding hydrogens is 325 g/mol. The maximum Gasteiger partial charge on any atom is 0.275 e. The monoisotopic (exact) mass is 343 g/mol. The van der Waals surface area contributed by atoms with Crippen LogP contribution in [0.25, 0.3) is 10.9 Å². The molecule has 1 amide bonds. The van der Waals surface area contributed by atoms with Crippen LogP contribution in [-0.2, 0) is 13.1 Å². The third-order valence-electron chi connectivity index (χ3n) is 4.35. The molecule has 7 nitrogen and oxygen atoms in total. The molecular formula is C17H18FN5O2. The number of benzene rings is 1. The van der Waals surface area contributed by atoms with Crippen LogP contribution in [0.4, 0.5) is 4.39 Å².